The van der Waals surface area contributed by atoms with E-state index in [4.69, 9.17) is 15.0 Å². The smallest absolute Gasteiger partial charge is 0.224 e. The first kappa shape index (κ1) is 24.3. The monoisotopic (exact) mass is 498 g/mol. The van der Waals surface area contributed by atoms with E-state index in [0.29, 0.717) is 30.0 Å². The van der Waals surface area contributed by atoms with E-state index in [9.17, 15) is 15.3 Å². The summed E-state index contributed by atoms with van der Waals surface area (Å²) in [5, 5.41) is 38.1. The Bertz CT molecular complexity index is 1200. The number of hydrogen-bond acceptors (Lipinski definition) is 10. The highest BCUT2D eigenvalue weighted by Gasteiger charge is 2.41. The van der Waals surface area contributed by atoms with Crippen molar-refractivity contribution in [2.75, 3.05) is 23.8 Å². The number of nitrogens with one attached hydrogen (secondary N) is 2. The lowest BCUT2D eigenvalue weighted by Gasteiger charge is -2.21. The first-order valence-corrected chi connectivity index (χ1v) is 13.3. The van der Waals surface area contributed by atoms with Gasteiger partial charge in [0.25, 0.3) is 0 Å². The van der Waals surface area contributed by atoms with E-state index >= 15 is 0 Å². The van der Waals surface area contributed by atoms with Gasteiger partial charge in [-0.3, -0.25) is 4.98 Å². The highest BCUT2D eigenvalue weighted by molar-refractivity contribution is 7.21. The van der Waals surface area contributed by atoms with E-state index < -0.39 is 18.2 Å². The average Bonchev–Trinajstić information content (AvgIpc) is 3.49. The van der Waals surface area contributed by atoms with Crippen LogP contribution in [0.2, 0.25) is 0 Å². The van der Waals surface area contributed by atoms with Gasteiger partial charge in [-0.1, -0.05) is 13.8 Å². The maximum absolute atomic E-state index is 10.6. The Morgan fingerprint density at radius 1 is 1.14 bits per heavy atom. The normalized spacial score (nSPS) is 24.4. The van der Waals surface area contributed by atoms with E-state index in [1.807, 2.05) is 19.2 Å². The maximum Gasteiger partial charge on any atom is 0.224 e. The van der Waals surface area contributed by atoms with E-state index in [1.165, 1.54) is 12.8 Å². The summed E-state index contributed by atoms with van der Waals surface area (Å²) in [7, 11) is 0. The van der Waals surface area contributed by atoms with Crippen LogP contribution >= 0.6 is 11.3 Å². The lowest BCUT2D eigenvalue weighted by atomic mass is 10.1. The fourth-order valence-electron chi connectivity index (χ4n) is 4.75. The lowest BCUT2D eigenvalue weighted by Crippen LogP contribution is -2.35. The molecular weight excluding hydrogens is 464 g/mol. The van der Waals surface area contributed by atoms with Gasteiger partial charge in [-0.25, -0.2) is 9.97 Å². The van der Waals surface area contributed by atoms with Gasteiger partial charge in [0.1, 0.15) is 22.4 Å². The number of fused-ring (bicyclic) bond motifs is 1. The van der Waals surface area contributed by atoms with Crippen molar-refractivity contribution in [2.24, 2.45) is 17.8 Å². The van der Waals surface area contributed by atoms with Crippen LogP contribution in [0.4, 0.5) is 11.8 Å². The number of nitrogens with zero attached hydrogens (tertiary/aromatic N) is 4. The summed E-state index contributed by atoms with van der Waals surface area (Å²) >= 11 is 1.57. The van der Waals surface area contributed by atoms with Crippen LogP contribution in [0, 0.1) is 24.7 Å². The molecule has 3 heterocycles. The molecule has 3 aromatic rings. The molecule has 0 aliphatic heterocycles. The number of rotatable bonds is 9. The third kappa shape index (κ3) is 5.11. The van der Waals surface area contributed by atoms with Gasteiger partial charge in [-0.05, 0) is 50.5 Å². The first-order chi connectivity index (χ1) is 16.8. The number of pyridine rings is 1. The summed E-state index contributed by atoms with van der Waals surface area (Å²) in [6.45, 7) is 6.94. The van der Waals surface area contributed by atoms with Crippen molar-refractivity contribution in [3.63, 3.8) is 0 Å². The van der Waals surface area contributed by atoms with Crippen molar-refractivity contribution in [3.05, 3.63) is 23.7 Å². The molecule has 0 spiro atoms. The van der Waals surface area contributed by atoms with Crippen molar-refractivity contribution in [2.45, 2.75) is 64.7 Å². The second-order valence-electron chi connectivity index (χ2n) is 10.3. The Morgan fingerprint density at radius 2 is 1.94 bits per heavy atom. The molecule has 0 aromatic carbocycles. The molecule has 5 N–H and O–H groups in total. The zero-order valence-electron chi connectivity index (χ0n) is 20.4. The minimum atomic E-state index is -1.00. The summed E-state index contributed by atoms with van der Waals surface area (Å²) in [5.41, 5.74) is 3.45. The first-order valence-electron chi connectivity index (χ1n) is 12.4. The fourth-order valence-corrected chi connectivity index (χ4v) is 5.83. The Balaban J connectivity index is 1.54. The molecule has 10 heteroatoms. The van der Waals surface area contributed by atoms with Crippen molar-refractivity contribution < 1.29 is 15.3 Å². The Kier molecular flexibility index (Phi) is 6.89. The molecule has 2 saturated carbocycles. The zero-order chi connectivity index (χ0) is 24.7. The van der Waals surface area contributed by atoms with Gasteiger partial charge >= 0.3 is 0 Å². The fraction of sp³-hybridized carbons (Fsp3) is 0.600. The largest absolute Gasteiger partial charge is 0.396 e. The molecule has 4 atom stereocenters. The molecule has 2 aliphatic rings. The van der Waals surface area contributed by atoms with Crippen LogP contribution in [0.1, 0.15) is 44.5 Å². The van der Waals surface area contributed by atoms with E-state index in [1.54, 1.807) is 11.3 Å². The minimum absolute atomic E-state index is 0.177. The minimum Gasteiger partial charge on any atom is -0.396 e. The Morgan fingerprint density at radius 3 is 2.63 bits per heavy atom. The third-order valence-electron chi connectivity index (χ3n) is 6.89. The highest BCUT2D eigenvalue weighted by Crippen LogP contribution is 2.39. The molecule has 0 bridgehead atoms. The molecule has 0 saturated heterocycles. The molecule has 9 nitrogen and oxygen atoms in total. The molecule has 0 amide bonds. The molecule has 3 aromatic heterocycles. The van der Waals surface area contributed by atoms with Crippen LogP contribution in [-0.2, 0) is 6.42 Å². The van der Waals surface area contributed by atoms with Crippen LogP contribution in [0.3, 0.4) is 0 Å². The van der Waals surface area contributed by atoms with Gasteiger partial charge in [0.05, 0.1) is 33.8 Å². The molecule has 188 valence electrons. The zero-order valence-corrected chi connectivity index (χ0v) is 21.2. The summed E-state index contributed by atoms with van der Waals surface area (Å²) in [6, 6.07) is 1.54. The van der Waals surface area contributed by atoms with Crippen molar-refractivity contribution >= 4 is 33.3 Å². The number of hydrogen-bond donors (Lipinski definition) is 5. The van der Waals surface area contributed by atoms with E-state index in [2.05, 4.69) is 29.5 Å². The molecule has 2 aliphatic carbocycles. The SMILES string of the molecule is Cc1nc(NCC2CC2)nc(NC2C[C@H](CO)[C@@H](O)[C@H]2O)c1-c1nc2c(CC(C)C)nccc2s1. The van der Waals surface area contributed by atoms with Crippen LogP contribution in [0.25, 0.3) is 20.8 Å². The Hall–Kier alpha value is -2.40. The second kappa shape index (κ2) is 9.93. The summed E-state index contributed by atoms with van der Waals surface area (Å²) in [5.74, 6) is 1.86. The lowest BCUT2D eigenvalue weighted by molar-refractivity contribution is 0.00446. The van der Waals surface area contributed by atoms with Gasteiger partial charge < -0.3 is 26.0 Å². The van der Waals surface area contributed by atoms with Crippen LogP contribution in [0.15, 0.2) is 12.3 Å². The van der Waals surface area contributed by atoms with Gasteiger partial charge in [-0.2, -0.15) is 4.98 Å². The molecule has 35 heavy (non-hydrogen) atoms. The average molecular weight is 499 g/mol. The topological polar surface area (TPSA) is 136 Å². The summed E-state index contributed by atoms with van der Waals surface area (Å²) < 4.78 is 1.06. The highest BCUT2D eigenvalue weighted by atomic mass is 32.1. The van der Waals surface area contributed by atoms with Gasteiger partial charge in [-0.15, -0.1) is 11.3 Å². The van der Waals surface area contributed by atoms with Crippen LogP contribution in [-0.4, -0.2) is 66.7 Å². The van der Waals surface area contributed by atoms with Gasteiger partial charge in [0, 0.05) is 25.3 Å². The van der Waals surface area contributed by atoms with E-state index in [0.717, 1.165) is 45.1 Å². The number of thiazole rings is 1. The number of aliphatic hydroxyl groups is 3. The number of aromatic nitrogens is 4. The molecule has 5 rings (SSSR count). The van der Waals surface area contributed by atoms with Crippen molar-refractivity contribution in [1.29, 1.82) is 0 Å². The molecule has 1 unspecified atom stereocenters. The number of anilines is 2. The van der Waals surface area contributed by atoms with Crippen LogP contribution < -0.4 is 10.6 Å². The van der Waals surface area contributed by atoms with Crippen molar-refractivity contribution in [3.8, 4) is 10.6 Å². The summed E-state index contributed by atoms with van der Waals surface area (Å²) in [4.78, 5) is 19.1. The second-order valence-corrected chi connectivity index (χ2v) is 11.3. The molecule has 0 radical (unpaired) electrons. The van der Waals surface area contributed by atoms with E-state index in [-0.39, 0.29) is 12.5 Å². The maximum atomic E-state index is 10.6. The summed E-state index contributed by atoms with van der Waals surface area (Å²) in [6.07, 6.45) is 3.58. The quantitative estimate of drug-likeness (QED) is 0.301. The van der Waals surface area contributed by atoms with Gasteiger partial charge in [0.15, 0.2) is 0 Å². The number of aliphatic hydroxyl groups excluding tert-OH is 3. The Labute approximate surface area is 209 Å². The predicted octanol–water partition coefficient (Wildman–Crippen LogP) is 2.99. The standard InChI is InChI=1S/C25H34N6O3S/c1-12(2)8-16-20-18(6-7-26-16)35-24(30-20)19-13(3)28-25(27-10-14-4-5-14)31-23(19)29-17-9-15(11-32)21(33)22(17)34/h6-7,12,14-15,17,21-22,32-34H,4-5,8-11H2,1-3H3,(H2,27,28,29,31)/t15-,17?,21-,22+/m1/s1. The van der Waals surface area contributed by atoms with Gasteiger partial charge in [0.2, 0.25) is 5.95 Å². The molecular formula is C25H34N6O3S. The van der Waals surface area contributed by atoms with Crippen LogP contribution in [0.5, 0.6) is 0 Å². The third-order valence-corrected chi connectivity index (χ3v) is 7.93. The predicted molar refractivity (Wildman–Crippen MR) is 138 cm³/mol. The van der Waals surface area contributed by atoms with Crippen molar-refractivity contribution in [1.82, 2.24) is 19.9 Å². The number of aryl methyl sites for hydroxylation is 1. The molecule has 2 fully saturated rings.